The fourth-order valence-corrected chi connectivity index (χ4v) is 1.88. The summed E-state index contributed by atoms with van der Waals surface area (Å²) >= 11 is 3.38. The number of hydrogen-bond donors (Lipinski definition) is 1. The molecule has 0 heterocycles. The van der Waals surface area contributed by atoms with E-state index in [1.807, 2.05) is 0 Å². The van der Waals surface area contributed by atoms with Crippen molar-refractivity contribution in [3.8, 4) is 11.8 Å². The van der Waals surface area contributed by atoms with Crippen molar-refractivity contribution in [3.05, 3.63) is 28.2 Å². The smallest absolute Gasteiger partial charge is 0.170 e. The lowest BCUT2D eigenvalue weighted by atomic mass is 10.1. The van der Waals surface area contributed by atoms with E-state index in [-0.39, 0.29) is 6.61 Å². The van der Waals surface area contributed by atoms with Crippen LogP contribution in [0.5, 0.6) is 5.75 Å². The van der Waals surface area contributed by atoms with E-state index in [1.165, 1.54) is 0 Å². The maximum atomic E-state index is 9.04. The fraction of sp³-hybridized carbons (Fsp3) is 0.417. The van der Waals surface area contributed by atoms with Crippen LogP contribution in [0.3, 0.4) is 0 Å². The van der Waals surface area contributed by atoms with Crippen molar-refractivity contribution in [2.24, 2.45) is 0 Å². The molecule has 5 heteroatoms. The lowest BCUT2D eigenvalue weighted by Gasteiger charge is -2.13. The largest absolute Gasteiger partial charge is 0.497 e. The van der Waals surface area contributed by atoms with Crippen LogP contribution in [-0.2, 0) is 4.74 Å². The third-order valence-electron chi connectivity index (χ3n) is 2.19. The lowest BCUT2D eigenvalue weighted by molar-refractivity contribution is 0.0769. The SMILES string of the molecule is COc1ccc(C(C#N)OCCCO)c(Br)c1. The first-order valence-corrected chi connectivity index (χ1v) is 5.97. The second-order valence-electron chi connectivity index (χ2n) is 3.34. The van der Waals surface area contributed by atoms with Gasteiger partial charge in [-0.05, 0) is 18.6 Å². The topological polar surface area (TPSA) is 62.5 Å². The number of hydrogen-bond acceptors (Lipinski definition) is 4. The van der Waals surface area contributed by atoms with Gasteiger partial charge in [-0.3, -0.25) is 0 Å². The molecule has 0 aromatic heterocycles. The molecule has 4 nitrogen and oxygen atoms in total. The van der Waals surface area contributed by atoms with Gasteiger partial charge in [0.1, 0.15) is 5.75 Å². The summed E-state index contributed by atoms with van der Waals surface area (Å²) in [5, 5.41) is 17.7. The molecule has 0 saturated heterocycles. The predicted molar refractivity (Wildman–Crippen MR) is 66.7 cm³/mol. The average Bonchev–Trinajstić information content (AvgIpc) is 2.35. The van der Waals surface area contributed by atoms with Crippen molar-refractivity contribution < 1.29 is 14.6 Å². The van der Waals surface area contributed by atoms with Crippen LogP contribution in [0.2, 0.25) is 0 Å². The molecule has 0 aliphatic rings. The summed E-state index contributed by atoms with van der Waals surface area (Å²) in [4.78, 5) is 0. The average molecular weight is 300 g/mol. The number of benzene rings is 1. The Kier molecular flexibility index (Phi) is 5.98. The minimum Gasteiger partial charge on any atom is -0.497 e. The maximum absolute atomic E-state index is 9.04. The molecule has 0 radical (unpaired) electrons. The Hall–Kier alpha value is -1.09. The monoisotopic (exact) mass is 299 g/mol. The summed E-state index contributed by atoms with van der Waals surface area (Å²) < 4.78 is 11.2. The Morgan fingerprint density at radius 3 is 2.82 bits per heavy atom. The number of aliphatic hydroxyl groups excluding tert-OH is 1. The highest BCUT2D eigenvalue weighted by atomic mass is 79.9. The molecule has 0 saturated carbocycles. The molecule has 1 aromatic carbocycles. The van der Waals surface area contributed by atoms with Gasteiger partial charge in [-0.2, -0.15) is 5.26 Å². The van der Waals surface area contributed by atoms with E-state index in [9.17, 15) is 0 Å². The molecule has 0 fully saturated rings. The molecule has 1 rings (SSSR count). The summed E-state index contributed by atoms with van der Waals surface area (Å²) in [5.74, 6) is 0.715. The van der Waals surface area contributed by atoms with Gasteiger partial charge in [-0.25, -0.2) is 0 Å². The van der Waals surface area contributed by atoms with Crippen LogP contribution in [0.15, 0.2) is 22.7 Å². The molecular formula is C12H14BrNO3. The van der Waals surface area contributed by atoms with E-state index in [4.69, 9.17) is 19.8 Å². The molecule has 17 heavy (non-hydrogen) atoms. The Morgan fingerprint density at radius 1 is 1.53 bits per heavy atom. The van der Waals surface area contributed by atoms with Crippen molar-refractivity contribution in [3.63, 3.8) is 0 Å². The van der Waals surface area contributed by atoms with Crippen LogP contribution in [-0.4, -0.2) is 25.4 Å². The summed E-state index contributed by atoms with van der Waals surface area (Å²) in [6, 6.07) is 7.43. The maximum Gasteiger partial charge on any atom is 0.170 e. The van der Waals surface area contributed by atoms with Crippen molar-refractivity contribution in [1.29, 1.82) is 5.26 Å². The van der Waals surface area contributed by atoms with Crippen LogP contribution in [0.4, 0.5) is 0 Å². The molecule has 1 aromatic rings. The summed E-state index contributed by atoms with van der Waals surface area (Å²) in [6.07, 6.45) is -0.117. The molecule has 92 valence electrons. The molecule has 0 aliphatic carbocycles. The fourth-order valence-electron chi connectivity index (χ4n) is 1.31. The Balaban J connectivity index is 2.78. The van der Waals surface area contributed by atoms with E-state index in [2.05, 4.69) is 22.0 Å². The number of halogens is 1. The zero-order chi connectivity index (χ0) is 12.7. The van der Waals surface area contributed by atoms with E-state index in [0.29, 0.717) is 18.8 Å². The van der Waals surface area contributed by atoms with Gasteiger partial charge >= 0.3 is 0 Å². The standard InChI is InChI=1S/C12H14BrNO3/c1-16-9-3-4-10(11(13)7-9)12(8-14)17-6-2-5-15/h3-4,7,12,15H,2,5-6H2,1H3. The van der Waals surface area contributed by atoms with Crippen LogP contribution in [0.1, 0.15) is 18.1 Å². The Labute approximate surface area is 109 Å². The second-order valence-corrected chi connectivity index (χ2v) is 4.20. The molecule has 1 unspecified atom stereocenters. The number of ether oxygens (including phenoxy) is 2. The normalized spacial score (nSPS) is 11.9. The van der Waals surface area contributed by atoms with Crippen molar-refractivity contribution >= 4 is 15.9 Å². The zero-order valence-electron chi connectivity index (χ0n) is 9.52. The van der Waals surface area contributed by atoms with Crippen LogP contribution in [0, 0.1) is 11.3 Å². The first kappa shape index (κ1) is 14.0. The van der Waals surface area contributed by atoms with E-state index in [0.717, 1.165) is 10.0 Å². The van der Waals surface area contributed by atoms with Gasteiger partial charge in [0.2, 0.25) is 0 Å². The lowest BCUT2D eigenvalue weighted by Crippen LogP contribution is -2.05. The van der Waals surface area contributed by atoms with Gasteiger partial charge in [-0.1, -0.05) is 22.0 Å². The van der Waals surface area contributed by atoms with Crippen molar-refractivity contribution in [1.82, 2.24) is 0 Å². The number of rotatable bonds is 6. The van der Waals surface area contributed by atoms with E-state index >= 15 is 0 Å². The highest BCUT2D eigenvalue weighted by molar-refractivity contribution is 9.10. The quantitative estimate of drug-likeness (QED) is 0.820. The van der Waals surface area contributed by atoms with Gasteiger partial charge in [0.05, 0.1) is 19.8 Å². The third-order valence-corrected chi connectivity index (χ3v) is 2.88. The Morgan fingerprint density at radius 2 is 2.29 bits per heavy atom. The van der Waals surface area contributed by atoms with Gasteiger partial charge in [0.25, 0.3) is 0 Å². The summed E-state index contributed by atoms with van der Waals surface area (Å²) in [7, 11) is 1.58. The van der Waals surface area contributed by atoms with Crippen LogP contribution in [0.25, 0.3) is 0 Å². The number of nitriles is 1. The van der Waals surface area contributed by atoms with Gasteiger partial charge in [0.15, 0.2) is 6.10 Å². The van der Waals surface area contributed by atoms with Crippen LogP contribution >= 0.6 is 15.9 Å². The molecule has 0 spiro atoms. The molecular weight excluding hydrogens is 286 g/mol. The first-order chi connectivity index (χ1) is 8.22. The number of methoxy groups -OCH3 is 1. The Bertz CT molecular complexity index is 403. The molecule has 1 N–H and O–H groups in total. The molecule has 0 bridgehead atoms. The van der Waals surface area contributed by atoms with Crippen molar-refractivity contribution in [2.75, 3.05) is 20.3 Å². The summed E-state index contributed by atoms with van der Waals surface area (Å²) in [6.45, 7) is 0.412. The minimum atomic E-state index is -0.637. The van der Waals surface area contributed by atoms with Crippen LogP contribution < -0.4 is 4.74 Å². The molecule has 1 atom stereocenters. The summed E-state index contributed by atoms with van der Waals surface area (Å²) in [5.41, 5.74) is 0.756. The highest BCUT2D eigenvalue weighted by Gasteiger charge is 2.14. The van der Waals surface area contributed by atoms with Gasteiger partial charge < -0.3 is 14.6 Å². The highest BCUT2D eigenvalue weighted by Crippen LogP contribution is 2.29. The molecule has 0 amide bonds. The number of nitrogens with zero attached hydrogens (tertiary/aromatic N) is 1. The third kappa shape index (κ3) is 4.00. The zero-order valence-corrected chi connectivity index (χ0v) is 11.1. The second kappa shape index (κ2) is 7.28. The van der Waals surface area contributed by atoms with Crippen molar-refractivity contribution in [2.45, 2.75) is 12.5 Å². The van der Waals surface area contributed by atoms with Gasteiger partial charge in [-0.15, -0.1) is 0 Å². The minimum absolute atomic E-state index is 0.0575. The first-order valence-electron chi connectivity index (χ1n) is 5.18. The van der Waals surface area contributed by atoms with Gasteiger partial charge in [0, 0.05) is 16.6 Å². The predicted octanol–water partition coefficient (Wildman–Crippen LogP) is 2.42. The molecule has 0 aliphatic heterocycles. The number of aliphatic hydroxyl groups is 1. The van der Waals surface area contributed by atoms with E-state index in [1.54, 1.807) is 25.3 Å². The van der Waals surface area contributed by atoms with E-state index < -0.39 is 6.10 Å².